The Kier molecular flexibility index (Phi) is 3.67. The highest BCUT2D eigenvalue weighted by Gasteiger charge is 2.28. The number of hydrogen-bond donors (Lipinski definition) is 2. The van der Waals surface area contributed by atoms with Crippen LogP contribution >= 0.6 is 11.8 Å². The SMILES string of the molecule is NC1=NC(=O)[C@H](CC(=O)NCC(=O)[O-])S1. The first-order valence-electron chi connectivity index (χ1n) is 4.00. The molecule has 15 heavy (non-hydrogen) atoms. The fraction of sp³-hybridized carbons (Fsp3) is 0.429. The van der Waals surface area contributed by atoms with Crippen molar-refractivity contribution in [2.24, 2.45) is 10.7 Å². The van der Waals surface area contributed by atoms with Crippen LogP contribution in [0.1, 0.15) is 6.42 Å². The number of aliphatic carboxylic acids is 1. The van der Waals surface area contributed by atoms with Gasteiger partial charge in [-0.2, -0.15) is 4.99 Å². The first kappa shape index (κ1) is 11.5. The molecule has 1 heterocycles. The van der Waals surface area contributed by atoms with Gasteiger partial charge in [0.15, 0.2) is 5.17 Å². The van der Waals surface area contributed by atoms with Gasteiger partial charge in [0.1, 0.15) is 5.25 Å². The van der Waals surface area contributed by atoms with Crippen LogP contribution in [0.5, 0.6) is 0 Å². The summed E-state index contributed by atoms with van der Waals surface area (Å²) >= 11 is 0.991. The van der Waals surface area contributed by atoms with Crippen LogP contribution in [-0.4, -0.2) is 34.7 Å². The number of rotatable bonds is 4. The molecule has 0 aromatic carbocycles. The maximum Gasteiger partial charge on any atom is 0.262 e. The van der Waals surface area contributed by atoms with E-state index in [0.717, 1.165) is 11.8 Å². The molecular weight excluding hydrogens is 222 g/mol. The molecule has 1 rings (SSSR count). The molecule has 1 atom stereocenters. The van der Waals surface area contributed by atoms with Crippen molar-refractivity contribution in [2.75, 3.05) is 6.54 Å². The minimum Gasteiger partial charge on any atom is -0.548 e. The van der Waals surface area contributed by atoms with Crippen LogP contribution in [0.2, 0.25) is 0 Å². The third-order valence-electron chi connectivity index (χ3n) is 1.56. The second-order valence-electron chi connectivity index (χ2n) is 2.75. The van der Waals surface area contributed by atoms with Crippen molar-refractivity contribution in [3.63, 3.8) is 0 Å². The van der Waals surface area contributed by atoms with E-state index in [1.54, 1.807) is 0 Å². The summed E-state index contributed by atoms with van der Waals surface area (Å²) in [7, 11) is 0. The molecule has 0 fully saturated rings. The predicted molar refractivity (Wildman–Crippen MR) is 50.6 cm³/mol. The lowest BCUT2D eigenvalue weighted by Crippen LogP contribution is -2.38. The van der Waals surface area contributed by atoms with Gasteiger partial charge in [0, 0.05) is 6.42 Å². The van der Waals surface area contributed by atoms with Crippen molar-refractivity contribution in [3.05, 3.63) is 0 Å². The summed E-state index contributed by atoms with van der Waals surface area (Å²) in [4.78, 5) is 35.6. The maximum absolute atomic E-state index is 11.1. The Morgan fingerprint density at radius 2 is 2.27 bits per heavy atom. The zero-order chi connectivity index (χ0) is 11.4. The number of nitrogens with one attached hydrogen (secondary N) is 1. The highest BCUT2D eigenvalue weighted by atomic mass is 32.2. The van der Waals surface area contributed by atoms with Crippen LogP contribution in [0, 0.1) is 0 Å². The second kappa shape index (κ2) is 4.78. The number of nitrogens with zero attached hydrogens (tertiary/aromatic N) is 1. The second-order valence-corrected chi connectivity index (χ2v) is 3.97. The van der Waals surface area contributed by atoms with Crippen LogP contribution in [0.3, 0.4) is 0 Å². The van der Waals surface area contributed by atoms with Gasteiger partial charge in [-0.25, -0.2) is 0 Å². The maximum atomic E-state index is 11.1. The fourth-order valence-corrected chi connectivity index (χ4v) is 1.77. The van der Waals surface area contributed by atoms with Gasteiger partial charge in [-0.3, -0.25) is 9.59 Å². The monoisotopic (exact) mass is 230 g/mol. The molecule has 0 aromatic heterocycles. The molecule has 0 saturated carbocycles. The topological polar surface area (TPSA) is 125 Å². The van der Waals surface area contributed by atoms with Gasteiger partial charge in [0.25, 0.3) is 5.91 Å². The van der Waals surface area contributed by atoms with Crippen LogP contribution in [0.15, 0.2) is 4.99 Å². The van der Waals surface area contributed by atoms with Gasteiger partial charge < -0.3 is 21.0 Å². The molecular formula is C7H8N3O4S-. The van der Waals surface area contributed by atoms with E-state index in [-0.39, 0.29) is 11.6 Å². The summed E-state index contributed by atoms with van der Waals surface area (Å²) < 4.78 is 0. The zero-order valence-electron chi connectivity index (χ0n) is 7.56. The summed E-state index contributed by atoms with van der Waals surface area (Å²) in [6.07, 6.45) is -0.138. The van der Waals surface area contributed by atoms with Gasteiger partial charge in [0.2, 0.25) is 5.91 Å². The molecule has 2 amide bonds. The number of carboxylic acid groups (broad SMARTS) is 1. The number of carboxylic acids is 1. The molecule has 0 aliphatic carbocycles. The number of hydrogen-bond acceptors (Lipinski definition) is 6. The zero-order valence-corrected chi connectivity index (χ0v) is 8.37. The molecule has 3 N–H and O–H groups in total. The third-order valence-corrected chi connectivity index (χ3v) is 2.55. The summed E-state index contributed by atoms with van der Waals surface area (Å²) in [6, 6.07) is 0. The highest BCUT2D eigenvalue weighted by Crippen LogP contribution is 2.22. The normalized spacial score (nSPS) is 19.9. The molecule has 0 spiro atoms. The first-order chi connectivity index (χ1) is 6.99. The number of thioether (sulfide) groups is 1. The average molecular weight is 230 g/mol. The summed E-state index contributed by atoms with van der Waals surface area (Å²) in [5, 5.41) is 11.6. The molecule has 0 unspecified atom stereocenters. The fourth-order valence-electron chi connectivity index (χ4n) is 0.943. The Labute approximate surface area is 89.1 Å². The largest absolute Gasteiger partial charge is 0.548 e. The van der Waals surface area contributed by atoms with E-state index in [0.29, 0.717) is 0 Å². The van der Waals surface area contributed by atoms with E-state index in [1.807, 2.05) is 0 Å². The van der Waals surface area contributed by atoms with Gasteiger partial charge in [-0.1, -0.05) is 11.8 Å². The number of amides is 2. The van der Waals surface area contributed by atoms with Crippen LogP contribution in [-0.2, 0) is 14.4 Å². The van der Waals surface area contributed by atoms with Crippen LogP contribution in [0.25, 0.3) is 0 Å². The first-order valence-corrected chi connectivity index (χ1v) is 4.88. The van der Waals surface area contributed by atoms with E-state index in [2.05, 4.69) is 10.3 Å². The number of carbonyl (C=O) groups is 3. The molecule has 7 nitrogen and oxygen atoms in total. The highest BCUT2D eigenvalue weighted by molar-refractivity contribution is 8.15. The molecule has 82 valence electrons. The molecule has 1 aliphatic heterocycles. The number of carbonyl (C=O) groups excluding carboxylic acids is 3. The van der Waals surface area contributed by atoms with Crippen molar-refractivity contribution < 1.29 is 19.5 Å². The molecule has 0 aromatic rings. The molecule has 1 aliphatic rings. The van der Waals surface area contributed by atoms with E-state index in [9.17, 15) is 19.5 Å². The Morgan fingerprint density at radius 1 is 1.60 bits per heavy atom. The van der Waals surface area contributed by atoms with E-state index >= 15 is 0 Å². The van der Waals surface area contributed by atoms with Gasteiger partial charge in [0.05, 0.1) is 12.5 Å². The van der Waals surface area contributed by atoms with E-state index < -0.39 is 29.6 Å². The number of aliphatic imine (C=N–C) groups is 1. The summed E-state index contributed by atoms with van der Waals surface area (Å²) in [6.45, 7) is -0.569. The summed E-state index contributed by atoms with van der Waals surface area (Å²) in [5.74, 6) is -2.40. The Morgan fingerprint density at radius 3 is 2.73 bits per heavy atom. The van der Waals surface area contributed by atoms with Crippen molar-refractivity contribution in [1.82, 2.24) is 5.32 Å². The van der Waals surface area contributed by atoms with Gasteiger partial charge in [-0.15, -0.1) is 0 Å². The predicted octanol–water partition coefficient (Wildman–Crippen LogP) is -2.80. The van der Waals surface area contributed by atoms with Crippen molar-refractivity contribution in [1.29, 1.82) is 0 Å². The van der Waals surface area contributed by atoms with Crippen molar-refractivity contribution in [2.45, 2.75) is 11.7 Å². The minimum absolute atomic E-state index is 0.123. The number of amidine groups is 1. The quantitative estimate of drug-likeness (QED) is 0.537. The van der Waals surface area contributed by atoms with Gasteiger partial charge in [-0.05, 0) is 0 Å². The number of nitrogens with two attached hydrogens (primary N) is 1. The lowest BCUT2D eigenvalue weighted by Gasteiger charge is -2.07. The van der Waals surface area contributed by atoms with E-state index in [4.69, 9.17) is 5.73 Å². The molecule has 0 bridgehead atoms. The smallest absolute Gasteiger partial charge is 0.262 e. The van der Waals surface area contributed by atoms with E-state index in [1.165, 1.54) is 0 Å². The molecule has 0 saturated heterocycles. The molecule has 8 heteroatoms. The summed E-state index contributed by atoms with van der Waals surface area (Å²) in [5.41, 5.74) is 5.27. The third kappa shape index (κ3) is 3.58. The lowest BCUT2D eigenvalue weighted by molar-refractivity contribution is -0.304. The molecule has 0 radical (unpaired) electrons. The van der Waals surface area contributed by atoms with Crippen molar-refractivity contribution >= 4 is 34.7 Å². The Hall–Kier alpha value is -1.57. The standard InChI is InChI=1S/C7H9N3O4S/c8-7-10-6(14)3(15-7)1-4(11)9-2-5(12)13/h3H,1-2H2,(H,9,11)(H,12,13)(H2,8,10,14)/p-1/t3-/m0/s1. The van der Waals surface area contributed by atoms with Crippen molar-refractivity contribution in [3.8, 4) is 0 Å². The lowest BCUT2D eigenvalue weighted by atomic mass is 10.3. The Balaban J connectivity index is 2.34. The van der Waals surface area contributed by atoms with Gasteiger partial charge >= 0.3 is 0 Å². The minimum atomic E-state index is -1.38. The van der Waals surface area contributed by atoms with Crippen LogP contribution < -0.4 is 16.2 Å². The van der Waals surface area contributed by atoms with Crippen LogP contribution in [0.4, 0.5) is 0 Å². The average Bonchev–Trinajstić information content (AvgIpc) is 2.42. The Bertz CT molecular complexity index is 341.